The second kappa shape index (κ2) is 7.06. The number of hydrogen-bond donors (Lipinski definition) is 2. The van der Waals surface area contributed by atoms with E-state index in [1.54, 1.807) is 0 Å². The number of carbonyl (C=O) groups is 1. The molecule has 7 nitrogen and oxygen atoms in total. The highest BCUT2D eigenvalue weighted by Gasteiger charge is 2.28. The molecule has 23 heavy (non-hydrogen) atoms. The fourth-order valence-electron chi connectivity index (χ4n) is 2.18. The van der Waals surface area contributed by atoms with Gasteiger partial charge in [0.2, 0.25) is 5.91 Å². The van der Waals surface area contributed by atoms with Gasteiger partial charge < -0.3 is 11.1 Å². The first-order valence-corrected chi connectivity index (χ1v) is 7.51. The lowest BCUT2D eigenvalue weighted by Crippen LogP contribution is -2.34. The Kier molecular flexibility index (Phi) is 5.33. The number of amides is 1. The van der Waals surface area contributed by atoms with E-state index in [0.717, 1.165) is 29.9 Å². The number of benzene rings is 1. The van der Waals surface area contributed by atoms with Crippen LogP contribution in [0.3, 0.4) is 0 Å². The highest BCUT2D eigenvalue weighted by molar-refractivity contribution is 5.93. The molecule has 2 aromatic rings. The van der Waals surface area contributed by atoms with Gasteiger partial charge in [-0.3, -0.25) is 4.79 Å². The summed E-state index contributed by atoms with van der Waals surface area (Å²) in [5.41, 5.74) is 7.38. The molecule has 1 amide bonds. The van der Waals surface area contributed by atoms with Crippen molar-refractivity contribution in [1.29, 1.82) is 0 Å². The third-order valence-electron chi connectivity index (χ3n) is 3.98. The fourth-order valence-corrected chi connectivity index (χ4v) is 2.18. The van der Waals surface area contributed by atoms with Gasteiger partial charge in [0.1, 0.15) is 0 Å². The molecule has 1 heterocycles. The molecule has 0 saturated heterocycles. The minimum absolute atomic E-state index is 0. The Bertz CT molecular complexity index is 682. The predicted octanol–water partition coefficient (Wildman–Crippen LogP) is 2.02. The summed E-state index contributed by atoms with van der Waals surface area (Å²) < 4.78 is 1.85. The first kappa shape index (κ1) is 17.4. The van der Waals surface area contributed by atoms with E-state index in [1.165, 1.54) is 0 Å². The largest absolute Gasteiger partial charge is 0.327 e. The summed E-state index contributed by atoms with van der Waals surface area (Å²) in [5, 5.41) is 14.8. The molecule has 0 aliphatic heterocycles. The van der Waals surface area contributed by atoms with Crippen LogP contribution in [-0.4, -0.2) is 32.2 Å². The number of nitrogens with one attached hydrogen (secondary N) is 1. The summed E-state index contributed by atoms with van der Waals surface area (Å²) >= 11 is 0. The maximum atomic E-state index is 12.1. The minimum atomic E-state index is -0.250. The Hall–Kier alpha value is -1.99. The van der Waals surface area contributed by atoms with Gasteiger partial charge >= 0.3 is 0 Å². The Morgan fingerprint density at radius 2 is 2.13 bits per heavy atom. The van der Waals surface area contributed by atoms with Crippen LogP contribution in [0.25, 0.3) is 11.4 Å². The van der Waals surface area contributed by atoms with Gasteiger partial charge in [0.15, 0.2) is 5.82 Å². The molecule has 1 aliphatic carbocycles. The third kappa shape index (κ3) is 3.86. The molecule has 1 fully saturated rings. The van der Waals surface area contributed by atoms with Crippen molar-refractivity contribution in [3.63, 3.8) is 0 Å². The molecule has 8 heteroatoms. The Labute approximate surface area is 141 Å². The average Bonchev–Trinajstić information content (AvgIpc) is 3.23. The van der Waals surface area contributed by atoms with E-state index < -0.39 is 0 Å². The Morgan fingerprint density at radius 3 is 2.78 bits per heavy atom. The van der Waals surface area contributed by atoms with E-state index in [1.807, 2.05) is 42.8 Å². The van der Waals surface area contributed by atoms with Crippen molar-refractivity contribution in [2.24, 2.45) is 11.7 Å². The lowest BCUT2D eigenvalue weighted by molar-refractivity contribution is -0.119. The highest BCUT2D eigenvalue weighted by Crippen LogP contribution is 2.36. The fraction of sp³-hybridized carbons (Fsp3) is 0.467. The maximum absolute atomic E-state index is 12.1. The number of nitrogens with zero attached hydrogens (tertiary/aromatic N) is 4. The zero-order valence-electron chi connectivity index (χ0n) is 13.1. The normalized spacial score (nSPS) is 16.3. The second-order valence-corrected chi connectivity index (χ2v) is 5.90. The number of aromatic nitrogens is 4. The monoisotopic (exact) mass is 336 g/mol. The molecule has 2 unspecified atom stereocenters. The van der Waals surface area contributed by atoms with Gasteiger partial charge in [-0.05, 0) is 42.3 Å². The topological polar surface area (TPSA) is 98.7 Å². The number of halogens is 1. The van der Waals surface area contributed by atoms with E-state index in [9.17, 15) is 4.79 Å². The van der Waals surface area contributed by atoms with Crippen LogP contribution >= 0.6 is 12.4 Å². The van der Waals surface area contributed by atoms with Crippen LogP contribution in [0.5, 0.6) is 0 Å². The molecule has 1 aromatic heterocycles. The quantitative estimate of drug-likeness (QED) is 0.870. The van der Waals surface area contributed by atoms with Gasteiger partial charge in [-0.1, -0.05) is 19.1 Å². The molecule has 0 spiro atoms. The van der Waals surface area contributed by atoms with Gasteiger partial charge in [-0.15, -0.1) is 17.5 Å². The lowest BCUT2D eigenvalue weighted by atomic mass is 10.0. The van der Waals surface area contributed by atoms with Crippen LogP contribution < -0.4 is 11.1 Å². The molecular formula is C15H21ClN6O. The first-order valence-electron chi connectivity index (χ1n) is 7.51. The molecule has 3 N–H and O–H groups in total. The van der Waals surface area contributed by atoms with E-state index in [0.29, 0.717) is 6.04 Å². The molecule has 1 aromatic carbocycles. The summed E-state index contributed by atoms with van der Waals surface area (Å²) in [7, 11) is 0. The summed E-state index contributed by atoms with van der Waals surface area (Å²) in [6, 6.07) is 7.77. The summed E-state index contributed by atoms with van der Waals surface area (Å²) in [5.74, 6) is 0.396. The summed E-state index contributed by atoms with van der Waals surface area (Å²) in [4.78, 5) is 12.1. The molecule has 0 bridgehead atoms. The zero-order valence-corrected chi connectivity index (χ0v) is 14.0. The number of nitrogens with two attached hydrogens (primary N) is 1. The Balaban J connectivity index is 0.00000192. The molecule has 1 aliphatic rings. The molecule has 3 rings (SSSR count). The van der Waals surface area contributed by atoms with Crippen molar-refractivity contribution in [2.75, 3.05) is 5.32 Å². The SMILES string of the molecule is CC(N)C(C)C(=O)Nc1cccc(-c2nnnn2C2CC2)c1.Cl. The maximum Gasteiger partial charge on any atom is 0.228 e. The molecule has 0 radical (unpaired) electrons. The minimum Gasteiger partial charge on any atom is -0.327 e. The van der Waals surface area contributed by atoms with Crippen LogP contribution in [0.15, 0.2) is 24.3 Å². The van der Waals surface area contributed by atoms with Gasteiger partial charge in [-0.2, -0.15) is 0 Å². The van der Waals surface area contributed by atoms with Crippen LogP contribution in [0.4, 0.5) is 5.69 Å². The van der Waals surface area contributed by atoms with Gasteiger partial charge in [0, 0.05) is 17.3 Å². The summed E-state index contributed by atoms with van der Waals surface area (Å²) in [6.45, 7) is 3.64. The standard InChI is InChI=1S/C15H20N6O.ClH/c1-9(10(2)16)15(22)17-12-5-3-4-11(8-12)14-18-19-20-21(14)13-6-7-13;/h3-5,8-10,13H,6-7,16H2,1-2H3,(H,17,22);1H. The number of rotatable bonds is 5. The number of anilines is 1. The van der Waals surface area contributed by atoms with Crippen LogP contribution in [0.2, 0.25) is 0 Å². The van der Waals surface area contributed by atoms with Crippen molar-refractivity contribution in [3.05, 3.63) is 24.3 Å². The molecule has 1 saturated carbocycles. The van der Waals surface area contributed by atoms with Crippen LogP contribution in [0.1, 0.15) is 32.7 Å². The van der Waals surface area contributed by atoms with E-state index in [2.05, 4.69) is 20.8 Å². The number of hydrogen-bond acceptors (Lipinski definition) is 5. The van der Waals surface area contributed by atoms with Crippen LogP contribution in [0, 0.1) is 5.92 Å². The van der Waals surface area contributed by atoms with E-state index >= 15 is 0 Å². The molecular weight excluding hydrogens is 316 g/mol. The van der Waals surface area contributed by atoms with Crippen molar-refractivity contribution in [2.45, 2.75) is 38.8 Å². The van der Waals surface area contributed by atoms with E-state index in [-0.39, 0.29) is 30.3 Å². The van der Waals surface area contributed by atoms with Crippen molar-refractivity contribution in [3.8, 4) is 11.4 Å². The molecule has 2 atom stereocenters. The van der Waals surface area contributed by atoms with Crippen molar-refractivity contribution >= 4 is 24.0 Å². The van der Waals surface area contributed by atoms with Crippen molar-refractivity contribution in [1.82, 2.24) is 20.2 Å². The van der Waals surface area contributed by atoms with E-state index in [4.69, 9.17) is 5.73 Å². The van der Waals surface area contributed by atoms with Gasteiger partial charge in [0.25, 0.3) is 0 Å². The molecule has 124 valence electrons. The van der Waals surface area contributed by atoms with Crippen LogP contribution in [-0.2, 0) is 4.79 Å². The predicted molar refractivity (Wildman–Crippen MR) is 90.2 cm³/mol. The Morgan fingerprint density at radius 1 is 1.39 bits per heavy atom. The second-order valence-electron chi connectivity index (χ2n) is 5.90. The number of tetrazole rings is 1. The lowest BCUT2D eigenvalue weighted by Gasteiger charge is -2.15. The van der Waals surface area contributed by atoms with Gasteiger partial charge in [0.05, 0.1) is 12.0 Å². The summed E-state index contributed by atoms with van der Waals surface area (Å²) in [6.07, 6.45) is 2.22. The zero-order chi connectivity index (χ0) is 15.7. The average molecular weight is 337 g/mol. The third-order valence-corrected chi connectivity index (χ3v) is 3.98. The number of carbonyl (C=O) groups excluding carboxylic acids is 1. The van der Waals surface area contributed by atoms with Crippen molar-refractivity contribution < 1.29 is 4.79 Å². The smallest absolute Gasteiger partial charge is 0.228 e. The van der Waals surface area contributed by atoms with Gasteiger partial charge in [-0.25, -0.2) is 4.68 Å². The first-order chi connectivity index (χ1) is 10.6. The highest BCUT2D eigenvalue weighted by atomic mass is 35.5.